The summed E-state index contributed by atoms with van der Waals surface area (Å²) in [6.45, 7) is 5.69. The molecule has 3 N–H and O–H groups in total. The zero-order valence-corrected chi connectivity index (χ0v) is 13.9. The normalized spacial score (nSPS) is 25.0. The number of nitrogens with zero attached hydrogens (tertiary/aromatic N) is 4. The van der Waals surface area contributed by atoms with E-state index in [2.05, 4.69) is 25.1 Å². The average Bonchev–Trinajstić information content (AvgIpc) is 3.12. The van der Waals surface area contributed by atoms with Crippen LogP contribution in [0.5, 0.6) is 0 Å². The first-order valence-electron chi connectivity index (χ1n) is 8.64. The highest BCUT2D eigenvalue weighted by Crippen LogP contribution is 2.18. The lowest BCUT2D eigenvalue weighted by atomic mass is 10.2. The highest BCUT2D eigenvalue weighted by molar-refractivity contribution is 5.81. The minimum atomic E-state index is -0.328. The number of nitrogens with two attached hydrogens (primary N) is 1. The molecule has 2 atom stereocenters. The number of rotatable bonds is 6. The number of amides is 1. The molecule has 2 fully saturated rings. The van der Waals surface area contributed by atoms with Gasteiger partial charge in [-0.25, -0.2) is 9.97 Å². The molecule has 2 aliphatic rings. The highest BCUT2D eigenvalue weighted by atomic mass is 16.5. The van der Waals surface area contributed by atoms with Gasteiger partial charge < -0.3 is 20.7 Å². The lowest BCUT2D eigenvalue weighted by molar-refractivity contribution is -0.131. The van der Waals surface area contributed by atoms with Gasteiger partial charge in [-0.3, -0.25) is 9.69 Å². The largest absolute Gasteiger partial charge is 0.364 e. The first-order chi connectivity index (χ1) is 11.8. The van der Waals surface area contributed by atoms with Crippen LogP contribution in [-0.2, 0) is 9.53 Å². The van der Waals surface area contributed by atoms with E-state index in [1.807, 2.05) is 6.07 Å². The number of hydrogen-bond acceptors (Lipinski definition) is 7. The van der Waals surface area contributed by atoms with Crippen LogP contribution in [0, 0.1) is 0 Å². The van der Waals surface area contributed by atoms with Gasteiger partial charge in [-0.2, -0.15) is 0 Å². The van der Waals surface area contributed by atoms with Crippen molar-refractivity contribution < 1.29 is 9.53 Å². The van der Waals surface area contributed by atoms with Crippen LogP contribution in [0.3, 0.4) is 0 Å². The smallest absolute Gasteiger partial charge is 0.249 e. The summed E-state index contributed by atoms with van der Waals surface area (Å²) in [6, 6.07) is 1.83. The topological polar surface area (TPSA) is 96.6 Å². The molecule has 1 aromatic rings. The number of piperazine rings is 1. The molecule has 0 aliphatic carbocycles. The lowest BCUT2D eigenvalue weighted by Gasteiger charge is -2.34. The lowest BCUT2D eigenvalue weighted by Crippen LogP contribution is -2.49. The summed E-state index contributed by atoms with van der Waals surface area (Å²) < 4.78 is 5.61. The maximum absolute atomic E-state index is 12.1. The van der Waals surface area contributed by atoms with E-state index in [-0.39, 0.29) is 18.1 Å². The molecule has 0 saturated carbocycles. The molecule has 0 spiro atoms. The van der Waals surface area contributed by atoms with Crippen molar-refractivity contribution in [2.24, 2.45) is 5.73 Å². The second-order valence-electron chi connectivity index (χ2n) is 6.23. The molecule has 2 saturated heterocycles. The van der Waals surface area contributed by atoms with Crippen molar-refractivity contribution in [2.45, 2.75) is 25.0 Å². The number of hydrogen-bond donors (Lipinski definition) is 2. The van der Waals surface area contributed by atoms with Gasteiger partial charge in [0.2, 0.25) is 11.9 Å². The minimum Gasteiger partial charge on any atom is -0.364 e. The second kappa shape index (κ2) is 8.36. The summed E-state index contributed by atoms with van der Waals surface area (Å²) in [6.07, 6.45) is 4.89. The Kier molecular flexibility index (Phi) is 5.95. The molecule has 0 bridgehead atoms. The molecular weight excluding hydrogens is 308 g/mol. The van der Waals surface area contributed by atoms with E-state index >= 15 is 0 Å². The number of nitrogens with one attached hydrogen (secondary N) is 1. The van der Waals surface area contributed by atoms with Crippen LogP contribution in [0.2, 0.25) is 0 Å². The number of aromatic nitrogens is 2. The van der Waals surface area contributed by atoms with E-state index in [1.165, 1.54) is 0 Å². The quantitative estimate of drug-likeness (QED) is 0.704. The summed E-state index contributed by atoms with van der Waals surface area (Å²) in [4.78, 5) is 25.2. The number of ether oxygens (including phenoxy) is 1. The molecule has 0 aromatic carbocycles. The van der Waals surface area contributed by atoms with Gasteiger partial charge in [0.15, 0.2) is 0 Å². The molecule has 1 aromatic heterocycles. The Hall–Kier alpha value is -1.77. The number of anilines is 1. The minimum absolute atomic E-state index is 0.0118. The van der Waals surface area contributed by atoms with Crippen LogP contribution < -0.4 is 16.0 Å². The van der Waals surface area contributed by atoms with Gasteiger partial charge in [-0.05, 0) is 18.9 Å². The predicted octanol–water partition coefficient (Wildman–Crippen LogP) is -0.779. The summed E-state index contributed by atoms with van der Waals surface area (Å²) in [5, 5.41) is 2.97. The van der Waals surface area contributed by atoms with Crippen LogP contribution in [0.15, 0.2) is 18.5 Å². The monoisotopic (exact) mass is 334 g/mol. The number of carbonyl (C=O) groups excluding carboxylic acids is 1. The Morgan fingerprint density at radius 3 is 2.67 bits per heavy atom. The summed E-state index contributed by atoms with van der Waals surface area (Å²) in [5.74, 6) is 0.778. The van der Waals surface area contributed by atoms with Crippen LogP contribution in [0.4, 0.5) is 5.95 Å². The van der Waals surface area contributed by atoms with Gasteiger partial charge in [-0.1, -0.05) is 0 Å². The van der Waals surface area contributed by atoms with Crippen molar-refractivity contribution in [1.82, 2.24) is 20.2 Å². The third kappa shape index (κ3) is 4.40. The maximum atomic E-state index is 12.1. The Morgan fingerprint density at radius 2 is 2.00 bits per heavy atom. The molecule has 0 unspecified atom stereocenters. The molecule has 8 heteroatoms. The predicted molar refractivity (Wildman–Crippen MR) is 90.6 cm³/mol. The van der Waals surface area contributed by atoms with Gasteiger partial charge in [0, 0.05) is 58.2 Å². The van der Waals surface area contributed by atoms with Gasteiger partial charge in [-0.15, -0.1) is 0 Å². The van der Waals surface area contributed by atoms with Crippen molar-refractivity contribution in [3.63, 3.8) is 0 Å². The highest BCUT2D eigenvalue weighted by Gasteiger charge is 2.29. The van der Waals surface area contributed by atoms with Gasteiger partial charge in [0.1, 0.15) is 6.10 Å². The molecular formula is C16H26N6O2. The molecule has 2 aliphatic heterocycles. The zero-order chi connectivity index (χ0) is 16.8. The van der Waals surface area contributed by atoms with E-state index in [1.54, 1.807) is 12.4 Å². The fraction of sp³-hybridized carbons (Fsp3) is 0.688. The van der Waals surface area contributed by atoms with E-state index in [0.717, 1.165) is 51.5 Å². The molecule has 1 amide bonds. The van der Waals surface area contributed by atoms with Gasteiger partial charge in [0.25, 0.3) is 0 Å². The summed E-state index contributed by atoms with van der Waals surface area (Å²) in [5.41, 5.74) is 5.57. The first-order valence-corrected chi connectivity index (χ1v) is 8.64. The SMILES string of the molecule is NC[C@H]1CC[C@@H](C(=O)NCCN2CCN(c3ncccn3)CC2)O1. The standard InChI is InChI=1S/C16H26N6O2/c17-12-13-2-3-14(24-13)15(23)18-6-7-21-8-10-22(11-9-21)16-19-4-1-5-20-16/h1,4-5,13-14H,2-3,6-12,17H2,(H,18,23)/t13-,14+/m1/s1. The third-order valence-electron chi connectivity index (χ3n) is 4.60. The van der Waals surface area contributed by atoms with Crippen LogP contribution in [0.1, 0.15) is 12.8 Å². The Labute approximate surface area is 142 Å². The van der Waals surface area contributed by atoms with E-state index in [4.69, 9.17) is 10.5 Å². The molecule has 8 nitrogen and oxygen atoms in total. The van der Waals surface area contributed by atoms with E-state index in [0.29, 0.717) is 13.1 Å². The van der Waals surface area contributed by atoms with E-state index < -0.39 is 0 Å². The molecule has 132 valence electrons. The second-order valence-corrected chi connectivity index (χ2v) is 6.23. The zero-order valence-electron chi connectivity index (χ0n) is 13.9. The van der Waals surface area contributed by atoms with Crippen LogP contribution >= 0.6 is 0 Å². The van der Waals surface area contributed by atoms with Gasteiger partial charge >= 0.3 is 0 Å². The fourth-order valence-electron chi connectivity index (χ4n) is 3.15. The summed E-state index contributed by atoms with van der Waals surface area (Å²) >= 11 is 0. The third-order valence-corrected chi connectivity index (χ3v) is 4.60. The van der Waals surface area contributed by atoms with E-state index in [9.17, 15) is 4.79 Å². The fourth-order valence-corrected chi connectivity index (χ4v) is 3.15. The number of carbonyl (C=O) groups is 1. The van der Waals surface area contributed by atoms with Gasteiger partial charge in [0.05, 0.1) is 6.10 Å². The Morgan fingerprint density at radius 1 is 1.25 bits per heavy atom. The first kappa shape index (κ1) is 17.1. The molecule has 24 heavy (non-hydrogen) atoms. The average molecular weight is 334 g/mol. The molecule has 3 rings (SSSR count). The molecule has 0 radical (unpaired) electrons. The Balaban J connectivity index is 1.33. The van der Waals surface area contributed by atoms with Crippen molar-refractivity contribution in [1.29, 1.82) is 0 Å². The molecule has 3 heterocycles. The van der Waals surface area contributed by atoms with Crippen molar-refractivity contribution in [3.8, 4) is 0 Å². The van der Waals surface area contributed by atoms with Crippen molar-refractivity contribution in [3.05, 3.63) is 18.5 Å². The van der Waals surface area contributed by atoms with Crippen molar-refractivity contribution in [2.75, 3.05) is 50.7 Å². The maximum Gasteiger partial charge on any atom is 0.249 e. The van der Waals surface area contributed by atoms with Crippen LogP contribution in [0.25, 0.3) is 0 Å². The Bertz CT molecular complexity index is 521. The van der Waals surface area contributed by atoms with Crippen LogP contribution in [-0.4, -0.2) is 78.8 Å². The summed E-state index contributed by atoms with van der Waals surface area (Å²) in [7, 11) is 0. The van der Waals surface area contributed by atoms with Crippen molar-refractivity contribution >= 4 is 11.9 Å².